The van der Waals surface area contributed by atoms with Crippen molar-refractivity contribution in [2.45, 2.75) is 26.3 Å². The van der Waals surface area contributed by atoms with Gasteiger partial charge in [-0.2, -0.15) is 5.10 Å². The molecule has 1 aliphatic heterocycles. The number of fused-ring (bicyclic) bond motifs is 1. The van der Waals surface area contributed by atoms with Crippen molar-refractivity contribution in [3.63, 3.8) is 0 Å². The normalized spacial score (nSPS) is 12.9. The van der Waals surface area contributed by atoms with Crippen molar-refractivity contribution in [2.75, 3.05) is 11.9 Å². The summed E-state index contributed by atoms with van der Waals surface area (Å²) in [7, 11) is 0. The molecule has 0 saturated carbocycles. The number of imide groups is 1. The summed E-state index contributed by atoms with van der Waals surface area (Å²) in [5, 5.41) is 7.34. The van der Waals surface area contributed by atoms with E-state index < -0.39 is 0 Å². The number of benzene rings is 2. The summed E-state index contributed by atoms with van der Waals surface area (Å²) in [6.45, 7) is 2.64. The number of carbonyl (C=O) groups is 3. The van der Waals surface area contributed by atoms with E-state index in [4.69, 9.17) is 0 Å². The fourth-order valence-corrected chi connectivity index (χ4v) is 3.57. The molecular weight excluding hydrogens is 380 g/mol. The van der Waals surface area contributed by atoms with E-state index in [1.807, 2.05) is 43.3 Å². The second kappa shape index (κ2) is 8.32. The second-order valence-electron chi connectivity index (χ2n) is 7.27. The van der Waals surface area contributed by atoms with E-state index in [2.05, 4.69) is 10.4 Å². The molecule has 1 aromatic heterocycles. The Morgan fingerprint density at radius 2 is 1.60 bits per heavy atom. The van der Waals surface area contributed by atoms with Gasteiger partial charge in [-0.3, -0.25) is 19.3 Å². The number of rotatable bonds is 7. The van der Waals surface area contributed by atoms with Crippen molar-refractivity contribution in [1.29, 1.82) is 0 Å². The van der Waals surface area contributed by atoms with Crippen LogP contribution in [0, 0.1) is 6.92 Å². The first kappa shape index (κ1) is 19.6. The summed E-state index contributed by atoms with van der Waals surface area (Å²) in [6.07, 6.45) is 0.589. The molecule has 2 heterocycles. The molecule has 0 aliphatic carbocycles. The molecule has 0 unspecified atom stereocenters. The molecular formula is C23H22N4O3. The van der Waals surface area contributed by atoms with Crippen LogP contribution in [-0.2, 0) is 11.3 Å². The number of aromatic nitrogens is 2. The van der Waals surface area contributed by atoms with Crippen molar-refractivity contribution in [3.05, 3.63) is 83.0 Å². The summed E-state index contributed by atoms with van der Waals surface area (Å²) < 4.78 is 1.76. The molecule has 0 atom stereocenters. The van der Waals surface area contributed by atoms with Crippen molar-refractivity contribution in [3.8, 4) is 0 Å². The smallest absolute Gasteiger partial charge is 0.261 e. The average Bonchev–Trinajstić information content (AvgIpc) is 3.20. The molecule has 1 N–H and O–H groups in total. The van der Waals surface area contributed by atoms with Gasteiger partial charge in [-0.1, -0.05) is 42.5 Å². The average molecular weight is 402 g/mol. The van der Waals surface area contributed by atoms with Crippen LogP contribution in [0.3, 0.4) is 0 Å². The predicted octanol–water partition coefficient (Wildman–Crippen LogP) is 3.25. The molecule has 0 spiro atoms. The molecule has 7 heteroatoms. The van der Waals surface area contributed by atoms with Crippen molar-refractivity contribution in [1.82, 2.24) is 14.7 Å². The Morgan fingerprint density at radius 3 is 2.27 bits per heavy atom. The lowest BCUT2D eigenvalue weighted by atomic mass is 10.1. The van der Waals surface area contributed by atoms with E-state index in [0.717, 1.165) is 11.3 Å². The Bertz CT molecular complexity index is 1070. The fraction of sp³-hybridized carbons (Fsp3) is 0.217. The van der Waals surface area contributed by atoms with Gasteiger partial charge in [-0.15, -0.1) is 0 Å². The van der Waals surface area contributed by atoms with Crippen molar-refractivity contribution >= 4 is 23.5 Å². The third kappa shape index (κ3) is 4.00. The standard InChI is InChI=1S/C23H22N4O3/c1-16-14-20(27(25-16)15-17-8-3-2-4-9-17)24-21(28)12-7-13-26-22(29)18-10-5-6-11-19(18)23(26)30/h2-6,8-11,14H,7,12-13,15H2,1H3,(H,24,28). The van der Waals surface area contributed by atoms with Gasteiger partial charge >= 0.3 is 0 Å². The molecule has 4 rings (SSSR count). The van der Waals surface area contributed by atoms with E-state index in [1.54, 1.807) is 28.9 Å². The molecule has 1 aliphatic rings. The van der Waals surface area contributed by atoms with Crippen LogP contribution < -0.4 is 5.32 Å². The largest absolute Gasteiger partial charge is 0.311 e. The molecule has 0 fully saturated rings. The number of nitrogens with zero attached hydrogens (tertiary/aromatic N) is 3. The van der Waals surface area contributed by atoms with E-state index in [0.29, 0.717) is 29.9 Å². The van der Waals surface area contributed by atoms with Crippen LogP contribution in [0.15, 0.2) is 60.7 Å². The summed E-state index contributed by atoms with van der Waals surface area (Å²) >= 11 is 0. The van der Waals surface area contributed by atoms with Crippen LogP contribution in [-0.4, -0.2) is 38.9 Å². The minimum Gasteiger partial charge on any atom is -0.311 e. The number of amides is 3. The van der Waals surface area contributed by atoms with Crippen molar-refractivity contribution in [2.24, 2.45) is 0 Å². The molecule has 0 saturated heterocycles. The molecule has 30 heavy (non-hydrogen) atoms. The number of aryl methyl sites for hydroxylation is 1. The zero-order valence-electron chi connectivity index (χ0n) is 16.7. The van der Waals surface area contributed by atoms with Gasteiger partial charge in [0.25, 0.3) is 11.8 Å². The Hall–Kier alpha value is -3.74. The summed E-state index contributed by atoms with van der Waals surface area (Å²) in [4.78, 5) is 38.4. The molecule has 7 nitrogen and oxygen atoms in total. The first-order valence-electron chi connectivity index (χ1n) is 9.86. The highest BCUT2D eigenvalue weighted by molar-refractivity contribution is 6.21. The quantitative estimate of drug-likeness (QED) is 0.615. The summed E-state index contributed by atoms with van der Waals surface area (Å²) in [6, 6.07) is 18.5. The maximum atomic E-state index is 12.4. The first-order valence-corrected chi connectivity index (χ1v) is 9.86. The number of nitrogens with one attached hydrogen (secondary N) is 1. The fourth-order valence-electron chi connectivity index (χ4n) is 3.57. The molecule has 152 valence electrons. The topological polar surface area (TPSA) is 84.3 Å². The number of hydrogen-bond acceptors (Lipinski definition) is 4. The molecule has 2 aromatic carbocycles. The van der Waals surface area contributed by atoms with Gasteiger partial charge in [0.1, 0.15) is 5.82 Å². The Kier molecular flexibility index (Phi) is 5.43. The van der Waals surface area contributed by atoms with Gasteiger partial charge < -0.3 is 5.32 Å². The van der Waals surface area contributed by atoms with Crippen LogP contribution in [0.2, 0.25) is 0 Å². The van der Waals surface area contributed by atoms with E-state index in [-0.39, 0.29) is 30.7 Å². The molecule has 3 amide bonds. The zero-order chi connectivity index (χ0) is 21.1. The Labute approximate surface area is 174 Å². The minimum absolute atomic E-state index is 0.180. The van der Waals surface area contributed by atoms with Gasteiger partial charge in [0.2, 0.25) is 5.91 Å². The van der Waals surface area contributed by atoms with Crippen molar-refractivity contribution < 1.29 is 14.4 Å². The van der Waals surface area contributed by atoms with Gasteiger partial charge in [0.05, 0.1) is 23.4 Å². The maximum absolute atomic E-state index is 12.4. The van der Waals surface area contributed by atoms with E-state index >= 15 is 0 Å². The summed E-state index contributed by atoms with van der Waals surface area (Å²) in [5.41, 5.74) is 2.74. The Balaban J connectivity index is 1.33. The van der Waals surface area contributed by atoms with Gasteiger partial charge in [0.15, 0.2) is 0 Å². The Morgan fingerprint density at radius 1 is 0.967 bits per heavy atom. The van der Waals surface area contributed by atoms with Crippen LogP contribution in [0.25, 0.3) is 0 Å². The van der Waals surface area contributed by atoms with E-state index in [9.17, 15) is 14.4 Å². The molecule has 3 aromatic rings. The lowest BCUT2D eigenvalue weighted by molar-refractivity contribution is -0.116. The third-order valence-corrected chi connectivity index (χ3v) is 5.01. The van der Waals surface area contributed by atoms with Gasteiger partial charge in [0, 0.05) is 19.0 Å². The monoisotopic (exact) mass is 402 g/mol. The lowest BCUT2D eigenvalue weighted by Gasteiger charge is -2.13. The zero-order valence-corrected chi connectivity index (χ0v) is 16.7. The minimum atomic E-state index is -0.299. The van der Waals surface area contributed by atoms with E-state index in [1.165, 1.54) is 4.90 Å². The SMILES string of the molecule is Cc1cc(NC(=O)CCCN2C(=O)c3ccccc3C2=O)n(Cc2ccccc2)n1. The highest BCUT2D eigenvalue weighted by Gasteiger charge is 2.34. The highest BCUT2D eigenvalue weighted by atomic mass is 16.2. The first-order chi connectivity index (χ1) is 14.5. The molecule has 0 radical (unpaired) electrons. The van der Waals surface area contributed by atoms with Crippen LogP contribution in [0.5, 0.6) is 0 Å². The van der Waals surface area contributed by atoms with Crippen LogP contribution in [0.4, 0.5) is 5.82 Å². The third-order valence-electron chi connectivity index (χ3n) is 5.01. The second-order valence-corrected chi connectivity index (χ2v) is 7.27. The molecule has 0 bridgehead atoms. The summed E-state index contributed by atoms with van der Waals surface area (Å²) in [5.74, 6) is -0.150. The maximum Gasteiger partial charge on any atom is 0.261 e. The van der Waals surface area contributed by atoms with Crippen LogP contribution in [0.1, 0.15) is 44.8 Å². The number of carbonyl (C=O) groups excluding carboxylic acids is 3. The predicted molar refractivity (Wildman–Crippen MR) is 112 cm³/mol. The van der Waals surface area contributed by atoms with Crippen LogP contribution >= 0.6 is 0 Å². The van der Waals surface area contributed by atoms with Gasteiger partial charge in [-0.05, 0) is 31.0 Å². The number of hydrogen-bond donors (Lipinski definition) is 1. The van der Waals surface area contributed by atoms with Gasteiger partial charge in [-0.25, -0.2) is 4.68 Å². The lowest BCUT2D eigenvalue weighted by Crippen LogP contribution is -2.31. The number of anilines is 1. The highest BCUT2D eigenvalue weighted by Crippen LogP contribution is 2.22.